The van der Waals surface area contributed by atoms with Crippen LogP contribution in [0, 0.1) is 6.92 Å². The van der Waals surface area contributed by atoms with Gasteiger partial charge in [-0.15, -0.1) is 11.3 Å². The van der Waals surface area contributed by atoms with E-state index in [2.05, 4.69) is 20.0 Å². The number of carbonyl (C=O) groups excluding carboxylic acids is 1. The molecule has 0 unspecified atom stereocenters. The minimum absolute atomic E-state index is 0.0664. The van der Waals surface area contributed by atoms with Gasteiger partial charge in [0, 0.05) is 11.9 Å². The fraction of sp³-hybridized carbons (Fsp3) is 0.167. The number of ether oxygens (including phenoxy) is 1. The lowest BCUT2D eigenvalue weighted by atomic mass is 10.3. The van der Waals surface area contributed by atoms with Crippen LogP contribution in [0.1, 0.15) is 15.4 Å². The molecule has 140 valence electrons. The molecule has 0 bridgehead atoms. The van der Waals surface area contributed by atoms with Crippen LogP contribution in [0.3, 0.4) is 0 Å². The average molecular weight is 393 g/mol. The lowest BCUT2D eigenvalue weighted by Crippen LogP contribution is -2.19. The van der Waals surface area contributed by atoms with Gasteiger partial charge in [-0.1, -0.05) is 6.07 Å². The summed E-state index contributed by atoms with van der Waals surface area (Å²) in [4.78, 5) is 21.5. The Balaban J connectivity index is 1.68. The van der Waals surface area contributed by atoms with E-state index >= 15 is 0 Å². The average Bonchev–Trinajstić information content (AvgIpc) is 3.03. The molecule has 2 heterocycles. The first-order valence-corrected chi connectivity index (χ1v) is 8.63. The first-order chi connectivity index (χ1) is 12.8. The maximum Gasteiger partial charge on any atom is 0.422 e. The van der Waals surface area contributed by atoms with Crippen LogP contribution in [0.25, 0.3) is 10.7 Å². The summed E-state index contributed by atoms with van der Waals surface area (Å²) in [5, 5.41) is 3.33. The van der Waals surface area contributed by atoms with Crippen molar-refractivity contribution in [1.82, 2.24) is 9.97 Å². The van der Waals surface area contributed by atoms with Crippen LogP contribution in [0.2, 0.25) is 0 Å². The number of halogens is 3. The van der Waals surface area contributed by atoms with Gasteiger partial charge >= 0.3 is 6.18 Å². The summed E-state index contributed by atoms with van der Waals surface area (Å²) < 4.78 is 41.1. The van der Waals surface area contributed by atoms with E-state index in [1.54, 1.807) is 25.3 Å². The quantitative estimate of drug-likeness (QED) is 0.682. The molecule has 0 aliphatic carbocycles. The number of anilines is 1. The molecule has 0 saturated carbocycles. The lowest BCUT2D eigenvalue weighted by Gasteiger charge is -2.10. The van der Waals surface area contributed by atoms with Crippen molar-refractivity contribution < 1.29 is 22.7 Å². The summed E-state index contributed by atoms with van der Waals surface area (Å²) in [6.45, 7) is 0.362. The van der Waals surface area contributed by atoms with Crippen LogP contribution < -0.4 is 10.1 Å². The third-order valence-electron chi connectivity index (χ3n) is 3.40. The molecule has 2 aromatic heterocycles. The van der Waals surface area contributed by atoms with E-state index in [9.17, 15) is 18.0 Å². The molecule has 3 rings (SSSR count). The Labute approximate surface area is 156 Å². The monoisotopic (exact) mass is 393 g/mol. The summed E-state index contributed by atoms with van der Waals surface area (Å²) >= 11 is 1.22. The number of carbonyl (C=O) groups is 1. The number of rotatable bonds is 5. The summed E-state index contributed by atoms with van der Waals surface area (Å²) in [6, 6.07) is 11.1. The summed E-state index contributed by atoms with van der Waals surface area (Å²) in [5.41, 5.74) is 1.69. The van der Waals surface area contributed by atoms with Gasteiger partial charge in [0.05, 0.1) is 11.4 Å². The minimum atomic E-state index is -4.40. The Morgan fingerprint density at radius 2 is 1.93 bits per heavy atom. The second-order valence-electron chi connectivity index (χ2n) is 5.53. The maximum absolute atomic E-state index is 12.5. The zero-order valence-electron chi connectivity index (χ0n) is 14.1. The van der Waals surface area contributed by atoms with Crippen molar-refractivity contribution in [3.05, 3.63) is 59.2 Å². The predicted octanol–water partition coefficient (Wildman–Crippen LogP) is 4.71. The molecule has 1 N–H and O–H groups in total. The molecule has 0 spiro atoms. The second kappa shape index (κ2) is 7.75. The van der Waals surface area contributed by atoms with E-state index in [1.165, 1.54) is 35.6 Å². The molecule has 0 fully saturated rings. The Kier molecular flexibility index (Phi) is 5.41. The number of nitrogens with one attached hydrogen (secondary N) is 1. The molecular formula is C18H14F3N3O2S. The molecule has 3 aromatic rings. The highest BCUT2D eigenvalue weighted by Gasteiger charge is 2.28. The molecule has 9 heteroatoms. The Morgan fingerprint density at radius 1 is 1.19 bits per heavy atom. The minimum Gasteiger partial charge on any atom is -0.484 e. The van der Waals surface area contributed by atoms with Gasteiger partial charge in [-0.2, -0.15) is 13.2 Å². The van der Waals surface area contributed by atoms with Crippen molar-refractivity contribution >= 4 is 22.9 Å². The van der Waals surface area contributed by atoms with Gasteiger partial charge in [-0.05, 0) is 43.3 Å². The highest BCUT2D eigenvalue weighted by atomic mass is 32.1. The topological polar surface area (TPSA) is 64.1 Å². The third kappa shape index (κ3) is 5.04. The van der Waals surface area contributed by atoms with Gasteiger partial charge in [0.25, 0.3) is 5.91 Å². The van der Waals surface area contributed by atoms with Gasteiger partial charge in [-0.3, -0.25) is 9.78 Å². The second-order valence-corrected chi connectivity index (χ2v) is 6.53. The highest BCUT2D eigenvalue weighted by molar-refractivity contribution is 7.17. The highest BCUT2D eigenvalue weighted by Crippen LogP contribution is 2.27. The molecule has 0 aliphatic heterocycles. The number of aromatic nitrogens is 2. The van der Waals surface area contributed by atoms with Gasteiger partial charge in [-0.25, -0.2) is 4.98 Å². The number of hydrogen-bond acceptors (Lipinski definition) is 5. The smallest absolute Gasteiger partial charge is 0.422 e. The molecule has 5 nitrogen and oxygen atoms in total. The lowest BCUT2D eigenvalue weighted by molar-refractivity contribution is -0.153. The van der Waals surface area contributed by atoms with Crippen molar-refractivity contribution in [1.29, 1.82) is 0 Å². The van der Waals surface area contributed by atoms with Crippen molar-refractivity contribution in [2.24, 2.45) is 0 Å². The third-order valence-corrected chi connectivity index (χ3v) is 4.58. The number of thiazole rings is 1. The fourth-order valence-corrected chi connectivity index (χ4v) is 3.13. The maximum atomic E-state index is 12.5. The molecule has 0 saturated heterocycles. The van der Waals surface area contributed by atoms with E-state index in [-0.39, 0.29) is 11.7 Å². The summed E-state index contributed by atoms with van der Waals surface area (Å²) in [5.74, 6) is -0.284. The van der Waals surface area contributed by atoms with E-state index in [0.717, 1.165) is 0 Å². The molecule has 0 atom stereocenters. The van der Waals surface area contributed by atoms with E-state index in [0.29, 0.717) is 27.0 Å². The molecule has 1 amide bonds. The van der Waals surface area contributed by atoms with Crippen LogP contribution in [-0.4, -0.2) is 28.7 Å². The Morgan fingerprint density at radius 3 is 2.56 bits per heavy atom. The number of nitrogens with zero attached hydrogens (tertiary/aromatic N) is 2. The number of hydrogen-bond donors (Lipinski definition) is 1. The van der Waals surface area contributed by atoms with Crippen molar-refractivity contribution in [3.63, 3.8) is 0 Å². The Bertz CT molecular complexity index is 925. The molecular weight excluding hydrogens is 379 g/mol. The Hall–Kier alpha value is -2.94. The standard InChI is InChI=1S/C18H14F3N3O2S/c1-11-15(27-17(23-11)14-4-2-3-9-22-14)16(25)24-12-5-7-13(8-6-12)26-10-18(19,20)21/h2-9H,10H2,1H3,(H,24,25). The fourth-order valence-electron chi connectivity index (χ4n) is 2.19. The van der Waals surface area contributed by atoms with Gasteiger partial charge in [0.1, 0.15) is 15.6 Å². The molecule has 1 aromatic carbocycles. The van der Waals surface area contributed by atoms with Crippen LogP contribution >= 0.6 is 11.3 Å². The normalized spacial score (nSPS) is 11.3. The van der Waals surface area contributed by atoms with E-state index < -0.39 is 12.8 Å². The zero-order valence-corrected chi connectivity index (χ0v) is 14.9. The van der Waals surface area contributed by atoms with E-state index in [4.69, 9.17) is 0 Å². The van der Waals surface area contributed by atoms with Crippen LogP contribution in [-0.2, 0) is 0 Å². The summed E-state index contributed by atoms with van der Waals surface area (Å²) in [6.07, 6.45) is -2.75. The van der Waals surface area contributed by atoms with Crippen molar-refractivity contribution in [2.45, 2.75) is 13.1 Å². The van der Waals surface area contributed by atoms with Gasteiger partial charge in [0.2, 0.25) is 0 Å². The number of aryl methyl sites for hydroxylation is 1. The van der Waals surface area contributed by atoms with Crippen LogP contribution in [0.5, 0.6) is 5.75 Å². The van der Waals surface area contributed by atoms with Gasteiger partial charge < -0.3 is 10.1 Å². The van der Waals surface area contributed by atoms with E-state index in [1.807, 2.05) is 6.07 Å². The first-order valence-electron chi connectivity index (χ1n) is 7.81. The van der Waals surface area contributed by atoms with Gasteiger partial charge in [0.15, 0.2) is 6.61 Å². The molecule has 0 aliphatic rings. The zero-order chi connectivity index (χ0) is 19.4. The molecule has 0 radical (unpaired) electrons. The van der Waals surface area contributed by atoms with Crippen LogP contribution in [0.4, 0.5) is 18.9 Å². The largest absolute Gasteiger partial charge is 0.484 e. The van der Waals surface area contributed by atoms with Crippen LogP contribution in [0.15, 0.2) is 48.7 Å². The van der Waals surface area contributed by atoms with Crippen molar-refractivity contribution in [2.75, 3.05) is 11.9 Å². The summed E-state index contributed by atoms with van der Waals surface area (Å²) in [7, 11) is 0. The number of pyridine rings is 1. The predicted molar refractivity (Wildman–Crippen MR) is 96.0 cm³/mol. The first kappa shape index (κ1) is 18.8. The molecule has 27 heavy (non-hydrogen) atoms. The van der Waals surface area contributed by atoms with Crippen molar-refractivity contribution in [3.8, 4) is 16.5 Å². The number of amides is 1. The SMILES string of the molecule is Cc1nc(-c2ccccn2)sc1C(=O)Nc1ccc(OCC(F)(F)F)cc1. The number of benzene rings is 1. The number of alkyl halides is 3.